The highest BCUT2D eigenvalue weighted by Gasteiger charge is 2.42. The monoisotopic (exact) mass is 406 g/mol. The molecule has 3 aliphatic rings. The lowest BCUT2D eigenvalue weighted by Crippen LogP contribution is -2.45. The van der Waals surface area contributed by atoms with E-state index in [4.69, 9.17) is 25.6 Å². The normalized spacial score (nSPS) is 22.6. The van der Waals surface area contributed by atoms with Crippen LogP contribution in [0.25, 0.3) is 11.3 Å². The van der Waals surface area contributed by atoms with Gasteiger partial charge in [0.15, 0.2) is 11.5 Å². The quantitative estimate of drug-likeness (QED) is 0.789. The van der Waals surface area contributed by atoms with Crippen LogP contribution in [0, 0.1) is 0 Å². The topological polar surface area (TPSA) is 88.2 Å². The van der Waals surface area contributed by atoms with E-state index in [1.165, 1.54) is 12.1 Å². The molecule has 0 radical (unpaired) electrons. The van der Waals surface area contributed by atoms with Gasteiger partial charge in [-0.2, -0.15) is 0 Å². The van der Waals surface area contributed by atoms with Crippen molar-refractivity contribution in [3.8, 4) is 22.8 Å². The Kier molecular flexibility index (Phi) is 4.50. The lowest BCUT2D eigenvalue weighted by Gasteiger charge is -2.41. The van der Waals surface area contributed by atoms with Gasteiger partial charge < -0.3 is 24.2 Å². The van der Waals surface area contributed by atoms with Gasteiger partial charge in [-0.05, 0) is 18.9 Å². The number of fused-ring (bicyclic) bond motifs is 1. The molecule has 0 unspecified atom stereocenters. The first-order valence-electron chi connectivity index (χ1n) is 9.76. The summed E-state index contributed by atoms with van der Waals surface area (Å²) >= 11 is 6.04. The second kappa shape index (κ2) is 6.91. The molecule has 0 bridgehead atoms. The third-order valence-corrected chi connectivity index (χ3v) is 6.53. The minimum atomic E-state index is -0.353. The minimum absolute atomic E-state index is 0.0758. The fraction of sp³-hybridized carbons (Fsp3) is 0.550. The van der Waals surface area contributed by atoms with Gasteiger partial charge in [-0.15, -0.1) is 0 Å². The number of aromatic nitrogens is 1. The van der Waals surface area contributed by atoms with Gasteiger partial charge in [0.1, 0.15) is 11.5 Å². The summed E-state index contributed by atoms with van der Waals surface area (Å²) in [6.45, 7) is 3.03. The van der Waals surface area contributed by atoms with Crippen molar-refractivity contribution < 1.29 is 24.2 Å². The van der Waals surface area contributed by atoms with E-state index in [1.807, 2.05) is 0 Å². The predicted octanol–water partition coefficient (Wildman–Crippen LogP) is 3.45. The van der Waals surface area contributed by atoms with Crippen LogP contribution >= 0.6 is 11.6 Å². The Hall–Kier alpha value is -1.80. The van der Waals surface area contributed by atoms with Gasteiger partial charge in [0.2, 0.25) is 0 Å². The van der Waals surface area contributed by atoms with Crippen LogP contribution in [0.3, 0.4) is 0 Å². The summed E-state index contributed by atoms with van der Waals surface area (Å²) in [5.41, 5.74) is 2.36. The van der Waals surface area contributed by atoms with Crippen LogP contribution in [0.1, 0.15) is 36.9 Å². The maximum absolute atomic E-state index is 10.3. The van der Waals surface area contributed by atoms with Crippen LogP contribution in [0.4, 0.5) is 0 Å². The second-order valence-corrected chi connectivity index (χ2v) is 8.22. The largest absolute Gasteiger partial charge is 0.507 e. The summed E-state index contributed by atoms with van der Waals surface area (Å²) in [7, 11) is 0. The van der Waals surface area contributed by atoms with E-state index >= 15 is 0 Å². The van der Waals surface area contributed by atoms with Gasteiger partial charge in [0.25, 0.3) is 0 Å². The summed E-state index contributed by atoms with van der Waals surface area (Å²) in [4.78, 5) is 2.46. The molecular formula is C20H23ClN2O5. The number of ether oxygens (including phenoxy) is 2. The highest BCUT2D eigenvalue weighted by Crippen LogP contribution is 2.42. The van der Waals surface area contributed by atoms with Crippen molar-refractivity contribution in [3.63, 3.8) is 0 Å². The van der Waals surface area contributed by atoms with Gasteiger partial charge in [0, 0.05) is 50.0 Å². The molecule has 2 N–H and O–H groups in total. The third-order valence-electron chi connectivity index (χ3n) is 6.22. The number of phenolic OH excluding ortho intramolecular Hbond substituents is 2. The summed E-state index contributed by atoms with van der Waals surface area (Å²) in [5, 5.41) is 24.3. The molecule has 1 spiro atoms. The Morgan fingerprint density at radius 1 is 1.11 bits per heavy atom. The van der Waals surface area contributed by atoms with E-state index in [0.29, 0.717) is 37.1 Å². The fourth-order valence-corrected chi connectivity index (χ4v) is 4.85. The van der Waals surface area contributed by atoms with Crippen molar-refractivity contribution in [1.82, 2.24) is 10.1 Å². The van der Waals surface area contributed by atoms with Gasteiger partial charge in [-0.25, -0.2) is 0 Å². The second-order valence-electron chi connectivity index (χ2n) is 7.82. The number of aromatic hydroxyl groups is 2. The van der Waals surface area contributed by atoms with Crippen molar-refractivity contribution in [2.45, 2.75) is 50.5 Å². The molecular weight excluding hydrogens is 384 g/mol. The number of hydrogen-bond acceptors (Lipinski definition) is 7. The zero-order valence-electron chi connectivity index (χ0n) is 15.5. The number of nitrogens with zero attached hydrogens (tertiary/aromatic N) is 2. The number of phenols is 2. The zero-order valence-corrected chi connectivity index (χ0v) is 16.2. The molecule has 150 valence electrons. The molecule has 0 atom stereocenters. The smallest absolute Gasteiger partial charge is 0.175 e. The van der Waals surface area contributed by atoms with E-state index in [2.05, 4.69) is 10.1 Å². The van der Waals surface area contributed by atoms with Gasteiger partial charge in [-0.3, -0.25) is 4.90 Å². The summed E-state index contributed by atoms with van der Waals surface area (Å²) in [5.74, 6) is -0.0682. The molecule has 1 aromatic heterocycles. The van der Waals surface area contributed by atoms with Gasteiger partial charge in [-0.1, -0.05) is 16.8 Å². The number of rotatable bonds is 2. The Morgan fingerprint density at radius 2 is 1.86 bits per heavy atom. The molecule has 0 amide bonds. The van der Waals surface area contributed by atoms with Crippen LogP contribution in [0.2, 0.25) is 5.02 Å². The fourth-order valence-electron chi connectivity index (χ4n) is 4.68. The Morgan fingerprint density at radius 3 is 2.61 bits per heavy atom. The zero-order chi connectivity index (χ0) is 19.3. The third kappa shape index (κ3) is 3.06. The summed E-state index contributed by atoms with van der Waals surface area (Å²) in [6, 6.07) is 3.21. The first kappa shape index (κ1) is 18.2. The van der Waals surface area contributed by atoms with E-state index in [-0.39, 0.29) is 22.3 Å². The average molecular weight is 407 g/mol. The average Bonchev–Trinajstić information content (AvgIpc) is 3.32. The number of halogens is 1. The van der Waals surface area contributed by atoms with E-state index in [0.717, 1.165) is 49.9 Å². The minimum Gasteiger partial charge on any atom is -0.507 e. The number of benzene rings is 1. The number of hydrogen-bond donors (Lipinski definition) is 2. The highest BCUT2D eigenvalue weighted by molar-refractivity contribution is 6.32. The molecule has 1 saturated heterocycles. The molecule has 8 heteroatoms. The van der Waals surface area contributed by atoms with Crippen LogP contribution < -0.4 is 0 Å². The van der Waals surface area contributed by atoms with Crippen LogP contribution in [0.5, 0.6) is 11.5 Å². The standard InChI is InChI=1S/C20H23ClN2O5/c21-15-9-13(17(24)10-18(15)25)19-14-11-23(6-3-16(14)22-28-19)12-1-4-20(5-2-12)26-7-8-27-20/h9-10,12,24-25H,1-8,11H2. The first-order chi connectivity index (χ1) is 13.5. The van der Waals surface area contributed by atoms with Crippen molar-refractivity contribution in [2.75, 3.05) is 19.8 Å². The van der Waals surface area contributed by atoms with E-state index < -0.39 is 0 Å². The van der Waals surface area contributed by atoms with Crippen molar-refractivity contribution in [2.24, 2.45) is 0 Å². The Labute approximate surface area is 167 Å². The lowest BCUT2D eigenvalue weighted by atomic mass is 9.87. The maximum atomic E-state index is 10.3. The molecule has 1 saturated carbocycles. The van der Waals surface area contributed by atoms with E-state index in [1.54, 1.807) is 0 Å². The van der Waals surface area contributed by atoms with Gasteiger partial charge >= 0.3 is 0 Å². The van der Waals surface area contributed by atoms with Crippen molar-refractivity contribution in [3.05, 3.63) is 28.4 Å². The van der Waals surface area contributed by atoms with Gasteiger partial charge in [0.05, 0.1) is 29.5 Å². The van der Waals surface area contributed by atoms with Crippen molar-refractivity contribution in [1.29, 1.82) is 0 Å². The maximum Gasteiger partial charge on any atom is 0.175 e. The van der Waals surface area contributed by atoms with Crippen LogP contribution in [0.15, 0.2) is 16.7 Å². The highest BCUT2D eigenvalue weighted by atomic mass is 35.5. The molecule has 2 aromatic rings. The summed E-state index contributed by atoms with van der Waals surface area (Å²) in [6.07, 6.45) is 4.72. The SMILES string of the molecule is Oc1cc(O)c(-c2onc3c2CN(C2CCC4(CC2)OCCO4)CC3)cc1Cl. The molecule has 5 rings (SSSR count). The first-order valence-corrected chi connectivity index (χ1v) is 10.1. The molecule has 1 aromatic carbocycles. The molecule has 3 heterocycles. The molecule has 2 fully saturated rings. The van der Waals surface area contributed by atoms with Crippen LogP contribution in [-0.4, -0.2) is 51.9 Å². The molecule has 1 aliphatic carbocycles. The molecule has 7 nitrogen and oxygen atoms in total. The lowest BCUT2D eigenvalue weighted by molar-refractivity contribution is -0.184. The predicted molar refractivity (Wildman–Crippen MR) is 101 cm³/mol. The Balaban J connectivity index is 1.36. The van der Waals surface area contributed by atoms with Crippen LogP contribution in [-0.2, 0) is 22.4 Å². The summed E-state index contributed by atoms with van der Waals surface area (Å²) < 4.78 is 17.3. The van der Waals surface area contributed by atoms with Crippen molar-refractivity contribution >= 4 is 11.6 Å². The molecule has 2 aliphatic heterocycles. The van der Waals surface area contributed by atoms with E-state index in [9.17, 15) is 10.2 Å². The Bertz CT molecular complexity index is 883. The molecule has 28 heavy (non-hydrogen) atoms.